The topological polar surface area (TPSA) is 71.8 Å². The van der Waals surface area contributed by atoms with E-state index in [2.05, 4.69) is 10.2 Å². The predicted molar refractivity (Wildman–Crippen MR) is 52.7 cm³/mol. The fourth-order valence-corrected chi connectivity index (χ4v) is 1.83. The molecule has 1 aliphatic carbocycles. The molecule has 76 valence electrons. The number of nitrogens with one attached hydrogen (secondary N) is 1. The third-order valence-electron chi connectivity index (χ3n) is 2.91. The zero-order valence-electron chi connectivity index (χ0n) is 8.12. The van der Waals surface area contributed by atoms with Crippen LogP contribution in [0.4, 0.5) is 0 Å². The molecular weight excluding hydrogens is 178 g/mol. The Morgan fingerprint density at radius 2 is 2.43 bits per heavy atom. The lowest BCUT2D eigenvalue weighted by molar-refractivity contribution is -0.117. The van der Waals surface area contributed by atoms with Crippen molar-refractivity contribution in [1.82, 2.24) is 10.2 Å². The van der Waals surface area contributed by atoms with Gasteiger partial charge < -0.3 is 5.73 Å². The maximum Gasteiger partial charge on any atom is 0.217 e. The average molecular weight is 193 g/mol. The summed E-state index contributed by atoms with van der Waals surface area (Å²) in [4.78, 5) is 10.7. The minimum Gasteiger partial charge on any atom is -0.370 e. The van der Waals surface area contributed by atoms with Crippen LogP contribution in [0.15, 0.2) is 6.20 Å². The Balaban J connectivity index is 2.01. The fourth-order valence-electron chi connectivity index (χ4n) is 1.83. The van der Waals surface area contributed by atoms with Crippen LogP contribution in [0.25, 0.3) is 0 Å². The molecule has 4 nitrogen and oxygen atoms in total. The first-order valence-corrected chi connectivity index (χ1v) is 5.08. The zero-order valence-corrected chi connectivity index (χ0v) is 8.12. The Morgan fingerprint density at radius 1 is 1.64 bits per heavy atom. The second-order valence-electron chi connectivity index (χ2n) is 3.90. The number of rotatable bonds is 4. The van der Waals surface area contributed by atoms with Crippen molar-refractivity contribution in [1.29, 1.82) is 0 Å². The van der Waals surface area contributed by atoms with Gasteiger partial charge in [0, 0.05) is 18.0 Å². The second kappa shape index (κ2) is 3.82. The van der Waals surface area contributed by atoms with Crippen molar-refractivity contribution in [3.63, 3.8) is 0 Å². The normalized spacial score (nSPS) is 16.6. The number of hydrogen-bond acceptors (Lipinski definition) is 2. The van der Waals surface area contributed by atoms with Crippen molar-refractivity contribution in [3.05, 3.63) is 17.5 Å². The molecule has 0 saturated heterocycles. The SMILES string of the molecule is NC(=O)CCc1cn[nH]c1C1CCC1. The standard InChI is InChI=1S/C10H15N3O/c11-9(14)5-4-8-6-12-13-10(8)7-2-1-3-7/h6-7H,1-5H2,(H2,11,14)(H,12,13). The molecule has 0 atom stereocenters. The first-order valence-electron chi connectivity index (χ1n) is 5.08. The van der Waals surface area contributed by atoms with Crippen LogP contribution in [0.3, 0.4) is 0 Å². The molecular formula is C10H15N3O. The van der Waals surface area contributed by atoms with Crippen molar-refractivity contribution in [2.75, 3.05) is 0 Å². The van der Waals surface area contributed by atoms with Crippen LogP contribution in [-0.4, -0.2) is 16.1 Å². The van der Waals surface area contributed by atoms with Crippen molar-refractivity contribution >= 4 is 5.91 Å². The summed E-state index contributed by atoms with van der Waals surface area (Å²) in [7, 11) is 0. The molecule has 3 N–H and O–H groups in total. The van der Waals surface area contributed by atoms with Gasteiger partial charge in [-0.25, -0.2) is 0 Å². The van der Waals surface area contributed by atoms with Crippen LogP contribution < -0.4 is 5.73 Å². The summed E-state index contributed by atoms with van der Waals surface area (Å²) in [5.41, 5.74) is 7.49. The molecule has 1 aromatic rings. The lowest BCUT2D eigenvalue weighted by Gasteiger charge is -2.25. The number of amides is 1. The van der Waals surface area contributed by atoms with Gasteiger partial charge in [0.1, 0.15) is 0 Å². The van der Waals surface area contributed by atoms with E-state index >= 15 is 0 Å². The highest BCUT2D eigenvalue weighted by Gasteiger charge is 2.23. The summed E-state index contributed by atoms with van der Waals surface area (Å²) in [5, 5.41) is 7.06. The summed E-state index contributed by atoms with van der Waals surface area (Å²) in [5.74, 6) is 0.395. The summed E-state index contributed by atoms with van der Waals surface area (Å²) in [6, 6.07) is 0. The number of aromatic nitrogens is 2. The maximum atomic E-state index is 10.7. The number of nitrogens with zero attached hydrogens (tertiary/aromatic N) is 1. The highest BCUT2D eigenvalue weighted by molar-refractivity contribution is 5.74. The van der Waals surface area contributed by atoms with E-state index in [-0.39, 0.29) is 5.91 Å². The minimum atomic E-state index is -0.245. The van der Waals surface area contributed by atoms with Gasteiger partial charge in [0.2, 0.25) is 5.91 Å². The van der Waals surface area contributed by atoms with Crippen LogP contribution in [0, 0.1) is 0 Å². The van der Waals surface area contributed by atoms with Crippen LogP contribution in [0.5, 0.6) is 0 Å². The van der Waals surface area contributed by atoms with Crippen molar-refractivity contribution in [2.24, 2.45) is 5.73 Å². The molecule has 1 heterocycles. The third-order valence-corrected chi connectivity index (χ3v) is 2.91. The third kappa shape index (κ3) is 1.78. The van der Waals surface area contributed by atoms with Crippen molar-refractivity contribution in [2.45, 2.75) is 38.0 Å². The second-order valence-corrected chi connectivity index (χ2v) is 3.90. The number of primary amides is 1. The quantitative estimate of drug-likeness (QED) is 0.751. The van der Waals surface area contributed by atoms with Gasteiger partial charge in [-0.1, -0.05) is 6.42 Å². The molecule has 1 aliphatic rings. The zero-order chi connectivity index (χ0) is 9.97. The Morgan fingerprint density at radius 3 is 3.00 bits per heavy atom. The number of H-pyrrole nitrogens is 1. The van der Waals surface area contributed by atoms with E-state index in [9.17, 15) is 4.79 Å². The molecule has 0 unspecified atom stereocenters. The number of aryl methyl sites for hydroxylation is 1. The summed E-state index contributed by atoms with van der Waals surface area (Å²) in [6.45, 7) is 0. The van der Waals surface area contributed by atoms with Gasteiger partial charge in [-0.05, 0) is 24.8 Å². The molecule has 0 radical (unpaired) electrons. The molecule has 2 rings (SSSR count). The molecule has 0 bridgehead atoms. The Labute approximate surface area is 82.9 Å². The number of carbonyl (C=O) groups is 1. The first kappa shape index (κ1) is 9.24. The summed E-state index contributed by atoms with van der Waals surface area (Å²) < 4.78 is 0. The van der Waals surface area contributed by atoms with E-state index in [4.69, 9.17) is 5.73 Å². The van der Waals surface area contributed by atoms with Gasteiger partial charge >= 0.3 is 0 Å². The maximum absolute atomic E-state index is 10.7. The van der Waals surface area contributed by atoms with Gasteiger partial charge in [0.25, 0.3) is 0 Å². The van der Waals surface area contributed by atoms with Crippen molar-refractivity contribution in [3.8, 4) is 0 Å². The van der Waals surface area contributed by atoms with Gasteiger partial charge in [0.05, 0.1) is 6.20 Å². The van der Waals surface area contributed by atoms with Gasteiger partial charge in [-0.2, -0.15) is 5.10 Å². The molecule has 1 saturated carbocycles. The monoisotopic (exact) mass is 193 g/mol. The highest BCUT2D eigenvalue weighted by Crippen LogP contribution is 2.36. The molecule has 0 aromatic carbocycles. The summed E-state index contributed by atoms with van der Waals surface area (Å²) in [6.07, 6.45) is 6.74. The van der Waals surface area contributed by atoms with Crippen molar-refractivity contribution < 1.29 is 4.79 Å². The van der Waals surface area contributed by atoms with E-state index in [0.29, 0.717) is 12.3 Å². The van der Waals surface area contributed by atoms with E-state index < -0.39 is 0 Å². The Kier molecular flexibility index (Phi) is 2.52. The van der Waals surface area contributed by atoms with Crippen LogP contribution in [0.2, 0.25) is 0 Å². The lowest BCUT2D eigenvalue weighted by atomic mass is 9.81. The minimum absolute atomic E-state index is 0.245. The predicted octanol–water partition coefficient (Wildman–Crippen LogP) is 1.10. The van der Waals surface area contributed by atoms with Crippen LogP contribution >= 0.6 is 0 Å². The number of nitrogens with two attached hydrogens (primary N) is 1. The number of hydrogen-bond donors (Lipinski definition) is 2. The highest BCUT2D eigenvalue weighted by atomic mass is 16.1. The molecule has 0 aliphatic heterocycles. The number of carbonyl (C=O) groups excluding carboxylic acids is 1. The van der Waals surface area contributed by atoms with E-state index in [1.165, 1.54) is 25.0 Å². The molecule has 14 heavy (non-hydrogen) atoms. The number of aromatic amines is 1. The van der Waals surface area contributed by atoms with E-state index in [1.54, 1.807) is 0 Å². The lowest BCUT2D eigenvalue weighted by Crippen LogP contribution is -2.14. The molecule has 4 heteroatoms. The molecule has 1 aromatic heterocycles. The van der Waals surface area contributed by atoms with Crippen LogP contribution in [-0.2, 0) is 11.2 Å². The van der Waals surface area contributed by atoms with Gasteiger partial charge in [-0.3, -0.25) is 9.89 Å². The van der Waals surface area contributed by atoms with Crippen LogP contribution in [0.1, 0.15) is 42.9 Å². The Hall–Kier alpha value is -1.32. The van der Waals surface area contributed by atoms with E-state index in [1.807, 2.05) is 6.20 Å². The smallest absolute Gasteiger partial charge is 0.217 e. The first-order chi connectivity index (χ1) is 6.77. The molecule has 0 spiro atoms. The van der Waals surface area contributed by atoms with Gasteiger partial charge in [0.15, 0.2) is 0 Å². The fraction of sp³-hybridized carbons (Fsp3) is 0.600. The molecule has 1 amide bonds. The van der Waals surface area contributed by atoms with E-state index in [0.717, 1.165) is 12.0 Å². The summed E-state index contributed by atoms with van der Waals surface area (Å²) >= 11 is 0. The largest absolute Gasteiger partial charge is 0.370 e. The molecule has 1 fully saturated rings. The average Bonchev–Trinajstić information content (AvgIpc) is 2.46. The Bertz CT molecular complexity index is 328. The van der Waals surface area contributed by atoms with Gasteiger partial charge in [-0.15, -0.1) is 0 Å².